The molecule has 0 radical (unpaired) electrons. The van der Waals surface area contributed by atoms with Crippen molar-refractivity contribution < 1.29 is 9.53 Å². The standard InChI is InChI=1S/C33H37N3O2/c1-3-23-36-25-31(34-26-36)24-27(32(37)38-4-2)15-14-22-35-33(28-16-8-5-9-17-28,29-18-10-6-11-19-29)30-20-12-7-13-21-30/h5-13,16-21,24-26,35H,3-4,14-15,22-23H2,1-2H3. The van der Waals surface area contributed by atoms with Crippen molar-refractivity contribution in [1.82, 2.24) is 14.9 Å². The maximum atomic E-state index is 12.8. The van der Waals surface area contributed by atoms with E-state index in [0.717, 1.165) is 25.1 Å². The van der Waals surface area contributed by atoms with Crippen LogP contribution in [0.4, 0.5) is 0 Å². The lowest BCUT2D eigenvalue weighted by molar-refractivity contribution is -0.138. The van der Waals surface area contributed by atoms with Crippen molar-refractivity contribution in [1.29, 1.82) is 0 Å². The molecule has 5 nitrogen and oxygen atoms in total. The van der Waals surface area contributed by atoms with E-state index in [1.165, 1.54) is 16.7 Å². The predicted molar refractivity (Wildman–Crippen MR) is 154 cm³/mol. The molecule has 0 saturated carbocycles. The van der Waals surface area contributed by atoms with Gasteiger partial charge in [-0.05, 0) is 55.5 Å². The lowest BCUT2D eigenvalue weighted by Gasteiger charge is -2.37. The van der Waals surface area contributed by atoms with Gasteiger partial charge >= 0.3 is 5.97 Å². The molecule has 5 heteroatoms. The van der Waals surface area contributed by atoms with E-state index in [1.54, 1.807) is 0 Å². The van der Waals surface area contributed by atoms with Crippen molar-refractivity contribution in [2.75, 3.05) is 13.2 Å². The topological polar surface area (TPSA) is 56.2 Å². The molecule has 38 heavy (non-hydrogen) atoms. The Morgan fingerprint density at radius 1 is 0.895 bits per heavy atom. The molecule has 0 aliphatic heterocycles. The van der Waals surface area contributed by atoms with Crippen LogP contribution in [0.25, 0.3) is 6.08 Å². The summed E-state index contributed by atoms with van der Waals surface area (Å²) in [4.78, 5) is 17.3. The van der Waals surface area contributed by atoms with E-state index in [-0.39, 0.29) is 5.97 Å². The second-order valence-corrected chi connectivity index (χ2v) is 9.30. The predicted octanol–water partition coefficient (Wildman–Crippen LogP) is 6.60. The van der Waals surface area contributed by atoms with E-state index in [1.807, 2.05) is 48.3 Å². The minimum atomic E-state index is -0.531. The SMILES string of the molecule is CCCn1cnc(C=C(CCCNC(c2ccccc2)(c2ccccc2)c2ccccc2)C(=O)OCC)c1. The van der Waals surface area contributed by atoms with Crippen LogP contribution in [0.5, 0.6) is 0 Å². The number of hydrogen-bond acceptors (Lipinski definition) is 4. The summed E-state index contributed by atoms with van der Waals surface area (Å²) in [5.74, 6) is -0.280. The Morgan fingerprint density at radius 2 is 1.45 bits per heavy atom. The zero-order valence-corrected chi connectivity index (χ0v) is 22.3. The van der Waals surface area contributed by atoms with Crippen LogP contribution in [0.2, 0.25) is 0 Å². The highest BCUT2D eigenvalue weighted by molar-refractivity contribution is 5.93. The van der Waals surface area contributed by atoms with Crippen LogP contribution in [0.15, 0.2) is 109 Å². The normalized spacial score (nSPS) is 11.9. The summed E-state index contributed by atoms with van der Waals surface area (Å²) in [5, 5.41) is 3.89. The summed E-state index contributed by atoms with van der Waals surface area (Å²) < 4.78 is 7.42. The van der Waals surface area contributed by atoms with Crippen molar-refractivity contribution in [2.24, 2.45) is 0 Å². The Hall–Kier alpha value is -3.96. The molecule has 0 aliphatic carbocycles. The molecule has 1 heterocycles. The van der Waals surface area contributed by atoms with E-state index >= 15 is 0 Å². The van der Waals surface area contributed by atoms with Gasteiger partial charge in [0, 0.05) is 18.3 Å². The monoisotopic (exact) mass is 507 g/mol. The van der Waals surface area contributed by atoms with Crippen molar-refractivity contribution >= 4 is 12.0 Å². The fourth-order valence-electron chi connectivity index (χ4n) is 4.89. The summed E-state index contributed by atoms with van der Waals surface area (Å²) in [5.41, 5.74) is 4.39. The Bertz CT molecular complexity index is 1200. The smallest absolute Gasteiger partial charge is 0.334 e. The third kappa shape index (κ3) is 6.48. The fraction of sp³-hybridized carbons (Fsp3) is 0.273. The van der Waals surface area contributed by atoms with Crippen LogP contribution >= 0.6 is 0 Å². The van der Waals surface area contributed by atoms with Gasteiger partial charge in [-0.25, -0.2) is 9.78 Å². The summed E-state index contributed by atoms with van der Waals surface area (Å²) in [7, 11) is 0. The lowest BCUT2D eigenvalue weighted by atomic mass is 9.77. The van der Waals surface area contributed by atoms with E-state index in [2.05, 4.69) is 90.0 Å². The van der Waals surface area contributed by atoms with Gasteiger partial charge in [-0.1, -0.05) is 97.9 Å². The van der Waals surface area contributed by atoms with Gasteiger partial charge in [0.2, 0.25) is 0 Å². The first-order valence-electron chi connectivity index (χ1n) is 13.5. The van der Waals surface area contributed by atoms with Crippen LogP contribution in [-0.4, -0.2) is 28.7 Å². The van der Waals surface area contributed by atoms with Gasteiger partial charge in [-0.15, -0.1) is 0 Å². The highest BCUT2D eigenvalue weighted by atomic mass is 16.5. The zero-order chi connectivity index (χ0) is 26.6. The molecule has 4 aromatic rings. The Labute approximate surface area is 226 Å². The van der Waals surface area contributed by atoms with Gasteiger partial charge in [0.25, 0.3) is 0 Å². The fourth-order valence-corrected chi connectivity index (χ4v) is 4.89. The van der Waals surface area contributed by atoms with Crippen LogP contribution in [-0.2, 0) is 21.6 Å². The molecular formula is C33H37N3O2. The molecule has 196 valence electrons. The molecule has 0 bridgehead atoms. The average molecular weight is 508 g/mol. The molecule has 0 atom stereocenters. The molecule has 0 aliphatic rings. The number of hydrogen-bond donors (Lipinski definition) is 1. The molecule has 0 unspecified atom stereocenters. The molecule has 1 aromatic heterocycles. The second-order valence-electron chi connectivity index (χ2n) is 9.30. The van der Waals surface area contributed by atoms with Crippen LogP contribution in [0.3, 0.4) is 0 Å². The van der Waals surface area contributed by atoms with E-state index in [4.69, 9.17) is 4.74 Å². The number of nitrogens with one attached hydrogen (secondary N) is 1. The van der Waals surface area contributed by atoms with E-state index in [9.17, 15) is 4.79 Å². The number of benzene rings is 3. The minimum Gasteiger partial charge on any atom is -0.463 e. The molecule has 0 amide bonds. The van der Waals surface area contributed by atoms with Gasteiger partial charge in [0.1, 0.15) is 0 Å². The van der Waals surface area contributed by atoms with Gasteiger partial charge < -0.3 is 9.30 Å². The number of aryl methyl sites for hydroxylation is 1. The maximum Gasteiger partial charge on any atom is 0.334 e. The van der Waals surface area contributed by atoms with Crippen LogP contribution in [0.1, 0.15) is 55.5 Å². The summed E-state index contributed by atoms with van der Waals surface area (Å²) in [6, 6.07) is 31.6. The van der Waals surface area contributed by atoms with Crippen molar-refractivity contribution in [3.05, 3.63) is 131 Å². The highest BCUT2D eigenvalue weighted by Gasteiger charge is 2.35. The number of esters is 1. The van der Waals surface area contributed by atoms with E-state index in [0.29, 0.717) is 25.1 Å². The van der Waals surface area contributed by atoms with Crippen molar-refractivity contribution in [2.45, 2.75) is 45.2 Å². The number of aromatic nitrogens is 2. The number of imidazole rings is 1. The third-order valence-corrected chi connectivity index (χ3v) is 6.63. The Morgan fingerprint density at radius 3 is 1.95 bits per heavy atom. The second kappa shape index (κ2) is 13.5. The summed E-state index contributed by atoms with van der Waals surface area (Å²) in [6.07, 6.45) is 8.03. The van der Waals surface area contributed by atoms with Gasteiger partial charge in [0.15, 0.2) is 0 Å². The first kappa shape index (κ1) is 27.1. The number of nitrogens with zero attached hydrogens (tertiary/aromatic N) is 2. The quantitative estimate of drug-likeness (QED) is 0.0958. The molecule has 0 saturated heterocycles. The molecule has 4 rings (SSSR count). The molecule has 0 fully saturated rings. The first-order valence-corrected chi connectivity index (χ1v) is 13.5. The molecular weight excluding hydrogens is 470 g/mol. The van der Waals surface area contributed by atoms with Crippen LogP contribution in [0, 0.1) is 0 Å². The third-order valence-electron chi connectivity index (χ3n) is 6.63. The first-order chi connectivity index (χ1) is 18.7. The maximum absolute atomic E-state index is 12.8. The highest BCUT2D eigenvalue weighted by Crippen LogP contribution is 2.36. The number of rotatable bonds is 13. The van der Waals surface area contributed by atoms with Gasteiger partial charge in [-0.2, -0.15) is 0 Å². The lowest BCUT2D eigenvalue weighted by Crippen LogP contribution is -2.45. The van der Waals surface area contributed by atoms with E-state index < -0.39 is 5.54 Å². The van der Waals surface area contributed by atoms with Crippen LogP contribution < -0.4 is 5.32 Å². The zero-order valence-electron chi connectivity index (χ0n) is 22.3. The largest absolute Gasteiger partial charge is 0.463 e. The van der Waals surface area contributed by atoms with Gasteiger partial charge in [-0.3, -0.25) is 5.32 Å². The van der Waals surface area contributed by atoms with Crippen molar-refractivity contribution in [3.8, 4) is 0 Å². The molecule has 3 aromatic carbocycles. The molecule has 0 spiro atoms. The summed E-state index contributed by atoms with van der Waals surface area (Å²) >= 11 is 0. The van der Waals surface area contributed by atoms with Gasteiger partial charge in [0.05, 0.1) is 24.2 Å². The average Bonchev–Trinajstić information content (AvgIpc) is 3.41. The number of carbonyl (C=O) groups is 1. The van der Waals surface area contributed by atoms with Crippen molar-refractivity contribution in [3.63, 3.8) is 0 Å². The number of ether oxygens (including phenoxy) is 1. The Balaban J connectivity index is 1.60. The number of carbonyl (C=O) groups excluding carboxylic acids is 1. The minimum absolute atomic E-state index is 0.280. The Kier molecular flexibility index (Phi) is 9.65. The summed E-state index contributed by atoms with van der Waals surface area (Å²) in [6.45, 7) is 5.91. The molecule has 1 N–H and O–H groups in total.